The first-order valence-corrected chi connectivity index (χ1v) is 11.4. The molecular formula is C22H27FN4O3S. The highest BCUT2D eigenvalue weighted by Gasteiger charge is 2.20. The van der Waals surface area contributed by atoms with Crippen molar-refractivity contribution in [1.29, 1.82) is 0 Å². The van der Waals surface area contributed by atoms with E-state index in [0.717, 1.165) is 17.4 Å². The van der Waals surface area contributed by atoms with E-state index in [1.54, 1.807) is 31.0 Å². The number of thioether (sulfide) groups is 1. The number of benzene rings is 2. The fourth-order valence-electron chi connectivity index (χ4n) is 3.40. The maximum atomic E-state index is 13.8. The van der Waals surface area contributed by atoms with Crippen molar-refractivity contribution in [3.05, 3.63) is 42.0 Å². The molecule has 0 saturated carbocycles. The summed E-state index contributed by atoms with van der Waals surface area (Å²) in [4.78, 5) is 8.68. The highest BCUT2D eigenvalue weighted by atomic mass is 32.2. The zero-order valence-corrected chi connectivity index (χ0v) is 18.9. The molecule has 1 fully saturated rings. The molecule has 1 unspecified atom stereocenters. The lowest BCUT2D eigenvalue weighted by Crippen LogP contribution is -2.16. The summed E-state index contributed by atoms with van der Waals surface area (Å²) in [6.45, 7) is 3.02. The second-order valence-corrected chi connectivity index (χ2v) is 7.83. The number of methoxy groups -OCH3 is 1. The number of halogens is 1. The van der Waals surface area contributed by atoms with E-state index >= 15 is 0 Å². The van der Waals surface area contributed by atoms with Crippen molar-refractivity contribution in [2.75, 3.05) is 43.9 Å². The van der Waals surface area contributed by atoms with Crippen LogP contribution in [0.3, 0.4) is 0 Å². The zero-order chi connectivity index (χ0) is 22.4. The fraction of sp³-hybridized carbons (Fsp3) is 0.364. The minimum absolute atomic E-state index is 0.105. The van der Waals surface area contributed by atoms with Gasteiger partial charge in [-0.3, -0.25) is 0 Å². The van der Waals surface area contributed by atoms with E-state index in [2.05, 4.69) is 15.3 Å². The summed E-state index contributed by atoms with van der Waals surface area (Å²) in [5.41, 5.74) is 8.65. The summed E-state index contributed by atoms with van der Waals surface area (Å²) in [5.74, 6) is 1.16. The average molecular weight is 447 g/mol. The number of nitrogens with one attached hydrogen (secondary N) is 1. The molecule has 1 saturated heterocycles. The van der Waals surface area contributed by atoms with Crippen molar-refractivity contribution in [3.63, 3.8) is 0 Å². The largest absolute Gasteiger partial charge is 0.494 e. The normalized spacial score (nSPS) is 15.3. The third-order valence-corrected chi connectivity index (χ3v) is 4.73. The van der Waals surface area contributed by atoms with E-state index in [0.29, 0.717) is 47.4 Å². The van der Waals surface area contributed by atoms with Gasteiger partial charge in [-0.15, -0.1) is 0 Å². The van der Waals surface area contributed by atoms with Crippen LogP contribution < -0.4 is 20.5 Å². The average Bonchev–Trinajstić information content (AvgIpc) is 3.24. The molecular weight excluding hydrogens is 419 g/mol. The van der Waals surface area contributed by atoms with Gasteiger partial charge in [0.2, 0.25) is 0 Å². The smallest absolute Gasteiger partial charge is 0.146 e. The number of nitrogens with zero attached hydrogens (tertiary/aromatic N) is 2. The molecule has 0 amide bonds. The topological polar surface area (TPSA) is 91.5 Å². The van der Waals surface area contributed by atoms with Crippen LogP contribution in [0.15, 0.2) is 30.6 Å². The summed E-state index contributed by atoms with van der Waals surface area (Å²) in [5, 5.41) is 4.02. The van der Waals surface area contributed by atoms with Crippen molar-refractivity contribution in [3.8, 4) is 11.5 Å². The van der Waals surface area contributed by atoms with E-state index in [4.69, 9.17) is 19.9 Å². The second kappa shape index (κ2) is 10.5. The summed E-state index contributed by atoms with van der Waals surface area (Å²) in [6.07, 6.45) is 6.19. The number of nitrogens with two attached hydrogens (primary N) is 1. The van der Waals surface area contributed by atoms with E-state index < -0.39 is 0 Å². The summed E-state index contributed by atoms with van der Waals surface area (Å²) < 4.78 is 30.5. The Kier molecular flexibility index (Phi) is 7.75. The zero-order valence-electron chi connectivity index (χ0n) is 18.1. The van der Waals surface area contributed by atoms with Gasteiger partial charge < -0.3 is 25.3 Å². The molecule has 31 heavy (non-hydrogen) atoms. The van der Waals surface area contributed by atoms with E-state index in [-0.39, 0.29) is 11.9 Å². The Hall–Kier alpha value is -2.78. The molecule has 0 bridgehead atoms. The molecule has 0 radical (unpaired) electrons. The van der Waals surface area contributed by atoms with Crippen molar-refractivity contribution >= 4 is 39.9 Å². The first kappa shape index (κ1) is 22.9. The first-order valence-electron chi connectivity index (χ1n) is 9.77. The van der Waals surface area contributed by atoms with Crippen LogP contribution in [0.1, 0.15) is 12.0 Å². The Labute approximate surface area is 185 Å². The van der Waals surface area contributed by atoms with Crippen LogP contribution in [0.4, 0.5) is 21.6 Å². The SMILES string of the molecule is COc1c(N)cc2ncnc(Nc3ccc(F)cc3OC3CCOC3)c2c1C.CSC. The van der Waals surface area contributed by atoms with Gasteiger partial charge >= 0.3 is 0 Å². The van der Waals surface area contributed by atoms with Gasteiger partial charge in [-0.25, -0.2) is 14.4 Å². The number of aromatic nitrogens is 2. The molecule has 1 atom stereocenters. The Balaban J connectivity index is 0.000000858. The standard InChI is InChI=1S/C20H21FN4O3.C2H6S/c1-11-18-16(8-14(22)19(11)26-2)23-10-24-20(18)25-15-4-3-12(21)7-17(15)28-13-5-6-27-9-13;1-3-2/h3-4,7-8,10,13H,5-6,9,22H2,1-2H3,(H,23,24,25);1-2H3. The number of nitrogen functional groups attached to an aromatic ring is 1. The molecule has 2 aromatic carbocycles. The third kappa shape index (κ3) is 5.29. The highest BCUT2D eigenvalue weighted by molar-refractivity contribution is 7.97. The predicted octanol–water partition coefficient (Wildman–Crippen LogP) is 4.56. The van der Waals surface area contributed by atoms with Gasteiger partial charge in [0.1, 0.15) is 35.6 Å². The van der Waals surface area contributed by atoms with Crippen molar-refractivity contribution in [1.82, 2.24) is 9.97 Å². The van der Waals surface area contributed by atoms with E-state index in [1.165, 1.54) is 18.5 Å². The molecule has 1 aliphatic heterocycles. The molecule has 2 heterocycles. The third-order valence-electron chi connectivity index (χ3n) is 4.73. The Bertz CT molecular complexity index is 1040. The Morgan fingerprint density at radius 3 is 2.71 bits per heavy atom. The lowest BCUT2D eigenvalue weighted by molar-refractivity contribution is 0.141. The molecule has 166 valence electrons. The molecule has 3 N–H and O–H groups in total. The molecule has 7 nitrogen and oxygen atoms in total. The minimum atomic E-state index is -0.377. The second-order valence-electron chi connectivity index (χ2n) is 7.02. The number of hydrogen-bond acceptors (Lipinski definition) is 8. The summed E-state index contributed by atoms with van der Waals surface area (Å²) >= 11 is 1.75. The number of aryl methyl sites for hydroxylation is 1. The maximum Gasteiger partial charge on any atom is 0.146 e. The van der Waals surface area contributed by atoms with Crippen LogP contribution in [0.5, 0.6) is 11.5 Å². The number of hydrogen-bond donors (Lipinski definition) is 2. The van der Waals surface area contributed by atoms with E-state index in [1.807, 2.05) is 19.4 Å². The molecule has 3 aromatic rings. The van der Waals surface area contributed by atoms with Crippen LogP contribution in [-0.4, -0.2) is 48.9 Å². The lowest BCUT2D eigenvalue weighted by atomic mass is 10.1. The van der Waals surface area contributed by atoms with Crippen molar-refractivity contribution in [2.24, 2.45) is 0 Å². The number of anilines is 3. The first-order chi connectivity index (χ1) is 15.0. The monoisotopic (exact) mass is 446 g/mol. The number of fused-ring (bicyclic) bond motifs is 1. The van der Waals surface area contributed by atoms with Gasteiger partial charge in [-0.2, -0.15) is 11.8 Å². The molecule has 9 heteroatoms. The van der Waals surface area contributed by atoms with Gasteiger partial charge in [0.05, 0.1) is 37.2 Å². The van der Waals surface area contributed by atoms with Gasteiger partial charge in [-0.05, 0) is 37.6 Å². The molecule has 1 aromatic heterocycles. The van der Waals surface area contributed by atoms with Crippen LogP contribution >= 0.6 is 11.8 Å². The van der Waals surface area contributed by atoms with Crippen molar-refractivity contribution in [2.45, 2.75) is 19.4 Å². The van der Waals surface area contributed by atoms with Gasteiger partial charge in [0.25, 0.3) is 0 Å². The highest BCUT2D eigenvalue weighted by Crippen LogP contribution is 2.37. The Morgan fingerprint density at radius 2 is 2.03 bits per heavy atom. The number of ether oxygens (including phenoxy) is 3. The van der Waals surface area contributed by atoms with Gasteiger partial charge in [0.15, 0.2) is 0 Å². The van der Waals surface area contributed by atoms with Gasteiger partial charge in [-0.1, -0.05) is 0 Å². The summed E-state index contributed by atoms with van der Waals surface area (Å²) in [6, 6.07) is 6.09. The quantitative estimate of drug-likeness (QED) is 0.551. The maximum absolute atomic E-state index is 13.8. The van der Waals surface area contributed by atoms with Crippen LogP contribution in [0, 0.1) is 12.7 Å². The minimum Gasteiger partial charge on any atom is -0.494 e. The van der Waals surface area contributed by atoms with Crippen molar-refractivity contribution < 1.29 is 18.6 Å². The van der Waals surface area contributed by atoms with Crippen LogP contribution in [-0.2, 0) is 4.74 Å². The molecule has 0 aliphatic carbocycles. The lowest BCUT2D eigenvalue weighted by Gasteiger charge is -2.18. The van der Waals surface area contributed by atoms with E-state index in [9.17, 15) is 4.39 Å². The van der Waals surface area contributed by atoms with Crippen LogP contribution in [0.25, 0.3) is 10.9 Å². The van der Waals surface area contributed by atoms with Gasteiger partial charge in [0, 0.05) is 23.4 Å². The fourth-order valence-corrected chi connectivity index (χ4v) is 3.40. The molecule has 0 spiro atoms. The molecule has 4 rings (SSSR count). The Morgan fingerprint density at radius 1 is 1.26 bits per heavy atom. The molecule has 1 aliphatic rings. The summed E-state index contributed by atoms with van der Waals surface area (Å²) in [7, 11) is 1.57. The predicted molar refractivity (Wildman–Crippen MR) is 124 cm³/mol. The van der Waals surface area contributed by atoms with Crippen LogP contribution in [0.2, 0.25) is 0 Å². The number of rotatable bonds is 5.